The maximum Gasteiger partial charge on any atom is 0.294 e. The molecule has 0 aromatic heterocycles. The van der Waals surface area contributed by atoms with E-state index in [0.717, 1.165) is 26.7 Å². The molecule has 24 heavy (non-hydrogen) atoms. The molecule has 2 rings (SSSR count). The number of halogens is 1. The Hall–Kier alpha value is -1.64. The molecular weight excluding hydrogens is 396 g/mol. The van der Waals surface area contributed by atoms with Gasteiger partial charge in [0.2, 0.25) is 5.91 Å². The number of carbonyl (C=O) groups excluding carboxylic acids is 3. The van der Waals surface area contributed by atoms with E-state index in [9.17, 15) is 14.4 Å². The molecule has 1 N–H and O–H groups in total. The van der Waals surface area contributed by atoms with E-state index in [1.807, 2.05) is 24.3 Å². The number of carbonyl (C=O) groups is 3. The highest BCUT2D eigenvalue weighted by molar-refractivity contribution is 9.10. The van der Waals surface area contributed by atoms with Gasteiger partial charge in [-0.3, -0.25) is 19.3 Å². The lowest BCUT2D eigenvalue weighted by Crippen LogP contribution is -2.39. The molecule has 1 aromatic rings. The molecule has 1 aliphatic rings. The normalized spacial score (nSPS) is 16.1. The van der Waals surface area contributed by atoms with Crippen molar-refractivity contribution in [2.24, 2.45) is 0 Å². The van der Waals surface area contributed by atoms with E-state index in [1.165, 1.54) is 0 Å². The Bertz CT molecular complexity index is 678. The van der Waals surface area contributed by atoms with Crippen molar-refractivity contribution in [3.63, 3.8) is 0 Å². The van der Waals surface area contributed by atoms with Crippen molar-refractivity contribution in [1.82, 2.24) is 10.2 Å². The summed E-state index contributed by atoms with van der Waals surface area (Å²) in [5.41, 5.74) is 0.805. The van der Waals surface area contributed by atoms with Crippen molar-refractivity contribution in [3.8, 4) is 0 Å². The molecule has 6 nitrogen and oxygen atoms in total. The SMILES string of the molecule is COCCCNC(=O)CN1C(=O)S/C(=C\c2cccc(Br)c2)C1=O. The van der Waals surface area contributed by atoms with E-state index in [-0.39, 0.29) is 12.5 Å². The van der Waals surface area contributed by atoms with Gasteiger partial charge in [-0.1, -0.05) is 28.1 Å². The number of nitrogens with one attached hydrogen (secondary N) is 1. The maximum absolute atomic E-state index is 12.3. The van der Waals surface area contributed by atoms with Crippen molar-refractivity contribution in [2.75, 3.05) is 26.8 Å². The minimum Gasteiger partial charge on any atom is -0.385 e. The van der Waals surface area contributed by atoms with Crippen LogP contribution in [0.5, 0.6) is 0 Å². The number of hydrogen-bond donors (Lipinski definition) is 1. The molecule has 8 heteroatoms. The van der Waals surface area contributed by atoms with Gasteiger partial charge in [0.25, 0.3) is 11.1 Å². The molecule has 3 amide bonds. The lowest BCUT2D eigenvalue weighted by atomic mass is 10.2. The van der Waals surface area contributed by atoms with Crippen LogP contribution in [0, 0.1) is 0 Å². The monoisotopic (exact) mass is 412 g/mol. The summed E-state index contributed by atoms with van der Waals surface area (Å²) in [7, 11) is 1.58. The molecule has 0 aliphatic carbocycles. The molecule has 1 aromatic carbocycles. The highest BCUT2D eigenvalue weighted by Crippen LogP contribution is 2.32. The number of nitrogens with zero attached hydrogens (tertiary/aromatic N) is 1. The lowest BCUT2D eigenvalue weighted by molar-refractivity contribution is -0.129. The minimum absolute atomic E-state index is 0.270. The molecule has 0 saturated carbocycles. The number of rotatable bonds is 7. The Morgan fingerprint density at radius 1 is 1.42 bits per heavy atom. The number of amides is 3. The number of methoxy groups -OCH3 is 1. The smallest absolute Gasteiger partial charge is 0.294 e. The topological polar surface area (TPSA) is 75.7 Å². The minimum atomic E-state index is -0.447. The fraction of sp³-hybridized carbons (Fsp3) is 0.312. The quantitative estimate of drug-likeness (QED) is 0.550. The van der Waals surface area contributed by atoms with E-state index in [0.29, 0.717) is 24.5 Å². The molecule has 0 atom stereocenters. The lowest BCUT2D eigenvalue weighted by Gasteiger charge is -2.12. The van der Waals surface area contributed by atoms with Crippen LogP contribution < -0.4 is 5.32 Å². The van der Waals surface area contributed by atoms with Gasteiger partial charge < -0.3 is 10.1 Å². The summed E-state index contributed by atoms with van der Waals surface area (Å²) in [6.07, 6.45) is 2.32. The van der Waals surface area contributed by atoms with Crippen molar-refractivity contribution in [2.45, 2.75) is 6.42 Å². The van der Waals surface area contributed by atoms with Crippen LogP contribution in [0.15, 0.2) is 33.6 Å². The summed E-state index contributed by atoms with van der Waals surface area (Å²) in [6.45, 7) is 0.710. The van der Waals surface area contributed by atoms with Gasteiger partial charge in [0.05, 0.1) is 4.91 Å². The average molecular weight is 413 g/mol. The zero-order valence-corrected chi connectivity index (χ0v) is 15.5. The van der Waals surface area contributed by atoms with E-state index < -0.39 is 11.1 Å². The molecular formula is C16H17BrN2O4S. The Morgan fingerprint density at radius 3 is 2.92 bits per heavy atom. The Kier molecular flexibility index (Phi) is 7.01. The number of imide groups is 1. The highest BCUT2D eigenvalue weighted by Gasteiger charge is 2.36. The van der Waals surface area contributed by atoms with Crippen LogP contribution in [-0.4, -0.2) is 48.8 Å². The van der Waals surface area contributed by atoms with Gasteiger partial charge in [-0.15, -0.1) is 0 Å². The van der Waals surface area contributed by atoms with Crippen LogP contribution in [0.25, 0.3) is 6.08 Å². The molecule has 1 heterocycles. The molecule has 1 aliphatic heterocycles. The maximum atomic E-state index is 12.3. The van der Waals surface area contributed by atoms with Crippen LogP contribution in [0.2, 0.25) is 0 Å². The third-order valence-electron chi connectivity index (χ3n) is 3.17. The van der Waals surface area contributed by atoms with Crippen LogP contribution in [0.3, 0.4) is 0 Å². The molecule has 128 valence electrons. The second kappa shape index (κ2) is 9.00. The number of hydrogen-bond acceptors (Lipinski definition) is 5. The first-order valence-corrected chi connectivity index (χ1v) is 8.89. The average Bonchev–Trinajstić information content (AvgIpc) is 2.79. The van der Waals surface area contributed by atoms with E-state index in [1.54, 1.807) is 13.2 Å². The number of ether oxygens (including phenoxy) is 1. The number of benzene rings is 1. The summed E-state index contributed by atoms with van der Waals surface area (Å²) in [6, 6.07) is 7.39. The first-order chi connectivity index (χ1) is 11.5. The zero-order chi connectivity index (χ0) is 17.5. The second-order valence-corrected chi connectivity index (χ2v) is 6.93. The molecule has 0 unspecified atom stereocenters. The fourth-order valence-corrected chi connectivity index (χ4v) is 3.28. The van der Waals surface area contributed by atoms with Crippen molar-refractivity contribution in [3.05, 3.63) is 39.2 Å². The Labute approximate surface area is 152 Å². The highest BCUT2D eigenvalue weighted by atomic mass is 79.9. The van der Waals surface area contributed by atoms with Crippen LogP contribution in [0.1, 0.15) is 12.0 Å². The molecule has 0 spiro atoms. The predicted molar refractivity (Wildman–Crippen MR) is 96.3 cm³/mol. The van der Waals surface area contributed by atoms with Gasteiger partial charge in [-0.25, -0.2) is 0 Å². The van der Waals surface area contributed by atoms with Crippen LogP contribution in [-0.2, 0) is 14.3 Å². The first kappa shape index (κ1) is 18.7. The molecule has 0 radical (unpaired) electrons. The van der Waals surface area contributed by atoms with Gasteiger partial charge in [0.1, 0.15) is 6.54 Å². The van der Waals surface area contributed by atoms with Gasteiger partial charge in [-0.05, 0) is 42.0 Å². The van der Waals surface area contributed by atoms with Gasteiger partial charge in [-0.2, -0.15) is 0 Å². The van der Waals surface area contributed by atoms with Crippen LogP contribution >= 0.6 is 27.7 Å². The standard InChI is InChI=1S/C16H17BrN2O4S/c1-23-7-3-6-18-14(20)10-19-15(21)13(24-16(19)22)9-11-4-2-5-12(17)8-11/h2,4-5,8-9H,3,6-7,10H2,1H3,(H,18,20)/b13-9-. The fourth-order valence-electron chi connectivity index (χ4n) is 2.03. The van der Waals surface area contributed by atoms with Crippen molar-refractivity contribution in [1.29, 1.82) is 0 Å². The second-order valence-electron chi connectivity index (χ2n) is 5.02. The van der Waals surface area contributed by atoms with Gasteiger partial charge in [0, 0.05) is 24.7 Å². The number of thioether (sulfide) groups is 1. The summed E-state index contributed by atoms with van der Waals surface area (Å²) in [4.78, 5) is 37.4. The summed E-state index contributed by atoms with van der Waals surface area (Å²) in [5, 5.41) is 2.22. The largest absolute Gasteiger partial charge is 0.385 e. The predicted octanol–water partition coefficient (Wildman–Crippen LogP) is 2.64. The summed E-state index contributed by atoms with van der Waals surface area (Å²) in [5.74, 6) is -0.811. The van der Waals surface area contributed by atoms with E-state index in [4.69, 9.17) is 4.74 Å². The third kappa shape index (κ3) is 5.19. The summed E-state index contributed by atoms with van der Waals surface area (Å²) < 4.78 is 5.77. The van der Waals surface area contributed by atoms with E-state index in [2.05, 4.69) is 21.2 Å². The van der Waals surface area contributed by atoms with E-state index >= 15 is 0 Å². The van der Waals surface area contributed by atoms with Gasteiger partial charge in [0.15, 0.2) is 0 Å². The molecule has 0 bridgehead atoms. The van der Waals surface area contributed by atoms with Crippen molar-refractivity contribution >= 4 is 50.8 Å². The molecule has 1 fully saturated rings. The third-order valence-corrected chi connectivity index (χ3v) is 4.57. The molecule has 1 saturated heterocycles. The Morgan fingerprint density at radius 2 is 2.21 bits per heavy atom. The summed E-state index contributed by atoms with van der Waals surface area (Å²) >= 11 is 4.20. The van der Waals surface area contributed by atoms with Crippen molar-refractivity contribution < 1.29 is 19.1 Å². The van der Waals surface area contributed by atoms with Gasteiger partial charge >= 0.3 is 0 Å². The Balaban J connectivity index is 1.97. The first-order valence-electron chi connectivity index (χ1n) is 7.28. The zero-order valence-electron chi connectivity index (χ0n) is 13.1. The van der Waals surface area contributed by atoms with Crippen LogP contribution in [0.4, 0.5) is 4.79 Å².